The first-order valence-electron chi connectivity index (χ1n) is 15.3. The zero-order valence-corrected chi connectivity index (χ0v) is 25.2. The summed E-state index contributed by atoms with van der Waals surface area (Å²) in [7, 11) is 0. The molecule has 0 bridgehead atoms. The van der Waals surface area contributed by atoms with Crippen molar-refractivity contribution in [2.45, 2.75) is 19.3 Å². The van der Waals surface area contributed by atoms with Gasteiger partial charge in [-0.3, -0.25) is 0 Å². The van der Waals surface area contributed by atoms with E-state index in [1.54, 1.807) is 0 Å². The highest BCUT2D eigenvalue weighted by molar-refractivity contribution is 6.12. The van der Waals surface area contributed by atoms with Gasteiger partial charge in [0.05, 0.1) is 35.6 Å². The number of para-hydroxylation sites is 2. The van der Waals surface area contributed by atoms with Gasteiger partial charge < -0.3 is 13.9 Å². The van der Waals surface area contributed by atoms with Gasteiger partial charge in [0.25, 0.3) is 0 Å². The monoisotopic (exact) mass is 590 g/mol. The van der Waals surface area contributed by atoms with Crippen LogP contribution in [0.3, 0.4) is 0 Å². The fourth-order valence-corrected chi connectivity index (χ4v) is 7.40. The third-order valence-electron chi connectivity index (χ3n) is 9.58. The largest absolute Gasteiger partial charge is 0.456 e. The van der Waals surface area contributed by atoms with E-state index in [0.29, 0.717) is 11.4 Å². The second-order valence-corrected chi connectivity index (χ2v) is 12.4. The van der Waals surface area contributed by atoms with Crippen LogP contribution in [0.15, 0.2) is 126 Å². The van der Waals surface area contributed by atoms with Crippen LogP contribution in [-0.4, -0.2) is 4.57 Å². The van der Waals surface area contributed by atoms with Crippen LogP contribution in [0.1, 0.15) is 25.0 Å². The van der Waals surface area contributed by atoms with Crippen LogP contribution in [0.25, 0.3) is 59.1 Å². The van der Waals surface area contributed by atoms with E-state index in [1.807, 2.05) is 36.4 Å². The van der Waals surface area contributed by atoms with Gasteiger partial charge in [-0.1, -0.05) is 62.4 Å². The molecule has 1 aliphatic heterocycles. The van der Waals surface area contributed by atoms with Gasteiger partial charge in [0.2, 0.25) is 0 Å². The molecule has 0 saturated heterocycles. The van der Waals surface area contributed by atoms with E-state index in [-0.39, 0.29) is 5.41 Å². The van der Waals surface area contributed by atoms with Gasteiger partial charge in [-0.2, -0.15) is 0 Å². The van der Waals surface area contributed by atoms with E-state index < -0.39 is 0 Å². The summed E-state index contributed by atoms with van der Waals surface area (Å²) in [5.41, 5.74) is 11.6. The molecule has 0 aliphatic carbocycles. The lowest BCUT2D eigenvalue weighted by molar-refractivity contribution is 0.632. The smallest absolute Gasteiger partial charge is 0.188 e. The Morgan fingerprint density at radius 1 is 0.543 bits per heavy atom. The molecular weight excluding hydrogens is 564 g/mol. The number of rotatable bonds is 2. The maximum atomic E-state index is 7.54. The number of hydrogen-bond donors (Lipinski definition) is 0. The number of benzene rings is 6. The Balaban J connectivity index is 1.22. The molecule has 46 heavy (non-hydrogen) atoms. The van der Waals surface area contributed by atoms with E-state index >= 15 is 0 Å². The number of furan rings is 1. The zero-order chi connectivity index (χ0) is 31.2. The molecule has 1 aliphatic rings. The Labute approximate surface area is 265 Å². The quantitative estimate of drug-likeness (QED) is 0.188. The normalized spacial score (nSPS) is 13.5. The molecule has 0 N–H and O–H groups in total. The SMILES string of the molecule is [C-]#[N+]c1ccc2c(c1)c1cc([N+]#[C-])ccc1n2-c1ccc2c(c1)oc1cc(N3c4ccccc4C(C)(C)c4ccccc43)ccc12. The summed E-state index contributed by atoms with van der Waals surface area (Å²) < 4.78 is 8.81. The van der Waals surface area contributed by atoms with Gasteiger partial charge >= 0.3 is 0 Å². The van der Waals surface area contributed by atoms with Crippen molar-refractivity contribution >= 4 is 72.2 Å². The van der Waals surface area contributed by atoms with Gasteiger partial charge in [0.1, 0.15) is 11.2 Å². The minimum Gasteiger partial charge on any atom is -0.456 e. The highest BCUT2D eigenvalue weighted by Crippen LogP contribution is 2.52. The Morgan fingerprint density at radius 2 is 1.04 bits per heavy atom. The number of anilines is 3. The van der Waals surface area contributed by atoms with Crippen LogP contribution in [0.5, 0.6) is 0 Å². The van der Waals surface area contributed by atoms with E-state index in [9.17, 15) is 0 Å². The molecule has 2 aromatic heterocycles. The molecule has 0 spiro atoms. The Morgan fingerprint density at radius 3 is 1.59 bits per heavy atom. The Bertz CT molecular complexity index is 2540. The third kappa shape index (κ3) is 3.54. The molecule has 216 valence electrons. The lowest BCUT2D eigenvalue weighted by atomic mass is 9.73. The second kappa shape index (κ2) is 9.35. The Kier molecular flexibility index (Phi) is 5.31. The predicted octanol–water partition coefficient (Wildman–Crippen LogP) is 11.9. The van der Waals surface area contributed by atoms with Crippen molar-refractivity contribution in [2.75, 3.05) is 4.90 Å². The molecule has 0 radical (unpaired) electrons. The summed E-state index contributed by atoms with van der Waals surface area (Å²) >= 11 is 0. The molecule has 0 saturated carbocycles. The van der Waals surface area contributed by atoms with E-state index in [2.05, 4.69) is 118 Å². The lowest BCUT2D eigenvalue weighted by Crippen LogP contribution is -2.30. The standard InChI is InChI=1S/C41H26N4O/c1-41(2)33-9-5-7-11-37(33)45(38-12-8-6-10-34(38)41)28-16-18-30-29-17-15-27(23-39(29)46-40(30)24-28)44-35-19-13-25(42-3)21-31(35)32-22-26(43-4)14-20-36(32)44/h5-24H,1-2H3. The highest BCUT2D eigenvalue weighted by Gasteiger charge is 2.36. The number of aromatic nitrogens is 1. The molecule has 6 aromatic carbocycles. The van der Waals surface area contributed by atoms with Crippen molar-refractivity contribution in [2.24, 2.45) is 0 Å². The maximum absolute atomic E-state index is 7.54. The van der Waals surface area contributed by atoms with Gasteiger partial charge in [-0.05, 0) is 82.6 Å². The molecule has 3 heterocycles. The average Bonchev–Trinajstić information content (AvgIpc) is 3.62. The molecular formula is C41H26N4O. The van der Waals surface area contributed by atoms with Crippen molar-refractivity contribution in [1.29, 1.82) is 0 Å². The molecule has 0 atom stereocenters. The van der Waals surface area contributed by atoms with Crippen LogP contribution in [0.2, 0.25) is 0 Å². The minimum absolute atomic E-state index is 0.120. The third-order valence-corrected chi connectivity index (χ3v) is 9.58. The fourth-order valence-electron chi connectivity index (χ4n) is 7.40. The van der Waals surface area contributed by atoms with Crippen LogP contribution in [0.4, 0.5) is 28.4 Å². The lowest BCUT2D eigenvalue weighted by Gasteiger charge is -2.41. The number of fused-ring (bicyclic) bond motifs is 8. The molecule has 0 unspecified atom stereocenters. The first-order valence-corrected chi connectivity index (χ1v) is 15.3. The van der Waals surface area contributed by atoms with Crippen molar-refractivity contribution in [1.82, 2.24) is 4.57 Å². The molecule has 0 fully saturated rings. The van der Waals surface area contributed by atoms with Gasteiger partial charge in [-0.15, -0.1) is 0 Å². The van der Waals surface area contributed by atoms with Crippen molar-refractivity contribution in [3.63, 3.8) is 0 Å². The summed E-state index contributed by atoms with van der Waals surface area (Å²) in [5, 5.41) is 4.02. The topological polar surface area (TPSA) is 30.0 Å². The van der Waals surface area contributed by atoms with Crippen LogP contribution in [0, 0.1) is 13.1 Å². The fraction of sp³-hybridized carbons (Fsp3) is 0.0732. The van der Waals surface area contributed by atoms with Gasteiger partial charge in [0.15, 0.2) is 11.4 Å². The summed E-state index contributed by atoms with van der Waals surface area (Å²) in [6.07, 6.45) is 0. The van der Waals surface area contributed by atoms with Crippen LogP contribution < -0.4 is 4.90 Å². The van der Waals surface area contributed by atoms with E-state index in [0.717, 1.165) is 55.1 Å². The summed E-state index contributed by atoms with van der Waals surface area (Å²) in [5.74, 6) is 0. The van der Waals surface area contributed by atoms with Gasteiger partial charge in [0, 0.05) is 39.7 Å². The van der Waals surface area contributed by atoms with Gasteiger partial charge in [-0.25, -0.2) is 9.69 Å². The zero-order valence-electron chi connectivity index (χ0n) is 25.2. The first kappa shape index (κ1) is 26.1. The van der Waals surface area contributed by atoms with Crippen molar-refractivity contribution < 1.29 is 4.42 Å². The van der Waals surface area contributed by atoms with Crippen molar-refractivity contribution in [3.8, 4) is 5.69 Å². The summed E-state index contributed by atoms with van der Waals surface area (Å²) in [4.78, 5) is 9.65. The van der Waals surface area contributed by atoms with E-state index in [4.69, 9.17) is 17.6 Å². The first-order chi connectivity index (χ1) is 22.5. The maximum Gasteiger partial charge on any atom is 0.188 e. The predicted molar refractivity (Wildman–Crippen MR) is 187 cm³/mol. The van der Waals surface area contributed by atoms with Crippen LogP contribution >= 0.6 is 0 Å². The Hall–Kier alpha value is -6.30. The minimum atomic E-state index is -0.120. The molecule has 9 rings (SSSR count). The number of hydrogen-bond acceptors (Lipinski definition) is 2. The van der Waals surface area contributed by atoms with E-state index in [1.165, 1.54) is 22.5 Å². The molecule has 5 heteroatoms. The molecule has 0 amide bonds. The number of nitrogens with zero attached hydrogens (tertiary/aromatic N) is 4. The second-order valence-electron chi connectivity index (χ2n) is 12.4. The van der Waals surface area contributed by atoms with Crippen molar-refractivity contribution in [3.05, 3.63) is 155 Å². The highest BCUT2D eigenvalue weighted by atomic mass is 16.3. The molecule has 5 nitrogen and oxygen atoms in total. The van der Waals surface area contributed by atoms with Crippen LogP contribution in [-0.2, 0) is 5.41 Å². The summed E-state index contributed by atoms with van der Waals surface area (Å²) in [6, 6.07) is 41.7. The molecule has 8 aromatic rings. The average molecular weight is 591 g/mol. The summed E-state index contributed by atoms with van der Waals surface area (Å²) in [6.45, 7) is 19.7.